The predicted molar refractivity (Wildman–Crippen MR) is 122 cm³/mol. The predicted octanol–water partition coefficient (Wildman–Crippen LogP) is 3.74. The molecule has 0 bridgehead atoms. The number of hydrogen-bond acceptors (Lipinski definition) is 4. The fourth-order valence-corrected chi connectivity index (χ4v) is 4.10. The second-order valence-electron chi connectivity index (χ2n) is 8.84. The fraction of sp³-hybridized carbons (Fsp3) is 0.667. The molecule has 3 rings (SSSR count). The first kappa shape index (κ1) is 23.4. The van der Waals surface area contributed by atoms with Gasteiger partial charge in [0.2, 0.25) is 5.91 Å². The van der Waals surface area contributed by atoms with Gasteiger partial charge in [0.1, 0.15) is 11.9 Å². The molecule has 2 aliphatic heterocycles. The van der Waals surface area contributed by atoms with Crippen molar-refractivity contribution in [2.45, 2.75) is 65.6 Å². The highest BCUT2D eigenvalue weighted by Gasteiger charge is 2.34. The van der Waals surface area contributed by atoms with Crippen molar-refractivity contribution < 1.29 is 19.1 Å². The lowest BCUT2D eigenvalue weighted by Gasteiger charge is -2.39. The number of piperidine rings is 1. The van der Waals surface area contributed by atoms with E-state index in [1.54, 1.807) is 0 Å². The molecule has 1 N–H and O–H groups in total. The highest BCUT2D eigenvalue weighted by Crippen LogP contribution is 2.36. The van der Waals surface area contributed by atoms with Crippen LogP contribution in [0.25, 0.3) is 0 Å². The molecule has 2 heterocycles. The first-order valence-corrected chi connectivity index (χ1v) is 11.6. The summed E-state index contributed by atoms with van der Waals surface area (Å²) in [5.74, 6) is 0.834. The molecule has 0 saturated carbocycles. The molecule has 1 fully saturated rings. The average Bonchev–Trinajstić information content (AvgIpc) is 2.77. The molecule has 0 spiro atoms. The number of anilines is 1. The van der Waals surface area contributed by atoms with Crippen LogP contribution in [0, 0.1) is 12.8 Å². The molecule has 172 valence electrons. The maximum Gasteiger partial charge on any atom is 0.324 e. The summed E-state index contributed by atoms with van der Waals surface area (Å²) >= 11 is 0. The van der Waals surface area contributed by atoms with Crippen molar-refractivity contribution in [2.75, 3.05) is 37.7 Å². The Bertz CT molecular complexity index is 759. The van der Waals surface area contributed by atoms with Crippen LogP contribution in [0.5, 0.6) is 5.75 Å². The van der Waals surface area contributed by atoms with E-state index in [0.29, 0.717) is 45.6 Å². The molecule has 0 aromatic heterocycles. The minimum absolute atomic E-state index is 0.00199. The Morgan fingerprint density at radius 3 is 2.68 bits per heavy atom. The van der Waals surface area contributed by atoms with Crippen LogP contribution in [0.15, 0.2) is 18.2 Å². The zero-order chi connectivity index (χ0) is 22.4. The van der Waals surface area contributed by atoms with Crippen molar-refractivity contribution in [3.8, 4) is 5.75 Å². The van der Waals surface area contributed by atoms with E-state index in [4.69, 9.17) is 9.47 Å². The van der Waals surface area contributed by atoms with Crippen molar-refractivity contribution in [3.63, 3.8) is 0 Å². The normalized spacial score (nSPS) is 19.2. The summed E-state index contributed by atoms with van der Waals surface area (Å²) < 4.78 is 11.6. The summed E-state index contributed by atoms with van der Waals surface area (Å²) in [6.45, 7) is 11.2. The molecule has 7 nitrogen and oxygen atoms in total. The number of carbonyl (C=O) groups excluding carboxylic acids is 2. The molecule has 1 saturated heterocycles. The molecule has 31 heavy (non-hydrogen) atoms. The molecule has 0 unspecified atom stereocenters. The van der Waals surface area contributed by atoms with Crippen LogP contribution < -0.4 is 15.0 Å². The van der Waals surface area contributed by atoms with E-state index >= 15 is 0 Å². The van der Waals surface area contributed by atoms with Crippen molar-refractivity contribution >= 4 is 17.6 Å². The lowest BCUT2D eigenvalue weighted by atomic mass is 9.96. The molecule has 2 aliphatic rings. The molecule has 1 atom stereocenters. The van der Waals surface area contributed by atoms with Gasteiger partial charge in [0.15, 0.2) is 0 Å². The zero-order valence-corrected chi connectivity index (χ0v) is 19.4. The largest absolute Gasteiger partial charge is 0.486 e. The van der Waals surface area contributed by atoms with Gasteiger partial charge < -0.3 is 19.7 Å². The van der Waals surface area contributed by atoms with Crippen molar-refractivity contribution in [1.82, 2.24) is 10.2 Å². The van der Waals surface area contributed by atoms with E-state index < -0.39 is 0 Å². The Labute approximate surface area is 186 Å². The van der Waals surface area contributed by atoms with E-state index in [1.165, 1.54) is 0 Å². The van der Waals surface area contributed by atoms with Crippen LogP contribution in [0.1, 0.15) is 52.0 Å². The van der Waals surface area contributed by atoms with Crippen LogP contribution in [-0.2, 0) is 9.53 Å². The number of ether oxygens (including phenoxy) is 2. The fourth-order valence-electron chi connectivity index (χ4n) is 4.10. The number of fused-ring (bicyclic) bond motifs is 1. The van der Waals surface area contributed by atoms with E-state index in [9.17, 15) is 9.59 Å². The van der Waals surface area contributed by atoms with Gasteiger partial charge in [-0.1, -0.05) is 13.0 Å². The minimum atomic E-state index is -0.0299. The van der Waals surface area contributed by atoms with Crippen LogP contribution in [-0.4, -0.2) is 61.8 Å². The number of carbonyl (C=O) groups is 2. The van der Waals surface area contributed by atoms with E-state index in [-0.39, 0.29) is 30.1 Å². The number of hydrogen-bond donors (Lipinski definition) is 1. The summed E-state index contributed by atoms with van der Waals surface area (Å²) in [6.07, 6.45) is 3.27. The topological polar surface area (TPSA) is 71.1 Å². The summed E-state index contributed by atoms with van der Waals surface area (Å²) in [4.78, 5) is 29.6. The zero-order valence-electron chi connectivity index (χ0n) is 19.4. The van der Waals surface area contributed by atoms with Crippen molar-refractivity contribution in [1.29, 1.82) is 0 Å². The number of likely N-dealkylation sites (tertiary alicyclic amines) is 1. The molecule has 0 aliphatic carbocycles. The number of aryl methyl sites for hydroxylation is 1. The number of benzene rings is 1. The Hall–Kier alpha value is -2.28. The van der Waals surface area contributed by atoms with Crippen LogP contribution in [0.3, 0.4) is 0 Å². The Balaban J connectivity index is 1.52. The van der Waals surface area contributed by atoms with Crippen LogP contribution in [0.4, 0.5) is 10.5 Å². The lowest BCUT2D eigenvalue weighted by molar-refractivity contribution is -0.126. The second kappa shape index (κ2) is 10.8. The highest BCUT2D eigenvalue weighted by atomic mass is 16.5. The molecule has 7 heteroatoms. The lowest BCUT2D eigenvalue weighted by Crippen LogP contribution is -2.52. The summed E-state index contributed by atoms with van der Waals surface area (Å²) in [5.41, 5.74) is 1.95. The summed E-state index contributed by atoms with van der Waals surface area (Å²) in [5, 5.41) is 3.02. The number of nitrogens with one attached hydrogen (secondary N) is 1. The molecule has 1 aromatic rings. The van der Waals surface area contributed by atoms with Gasteiger partial charge >= 0.3 is 6.03 Å². The van der Waals surface area contributed by atoms with E-state index in [0.717, 1.165) is 29.8 Å². The monoisotopic (exact) mass is 431 g/mol. The average molecular weight is 432 g/mol. The Kier molecular flexibility index (Phi) is 8.18. The number of rotatable bonds is 7. The number of amides is 3. The number of nitrogens with zero attached hydrogens (tertiary/aromatic N) is 2. The number of urea groups is 1. The van der Waals surface area contributed by atoms with Crippen molar-refractivity contribution in [2.24, 2.45) is 5.92 Å². The quantitative estimate of drug-likeness (QED) is 0.668. The van der Waals surface area contributed by atoms with Gasteiger partial charge in [0.25, 0.3) is 0 Å². The highest BCUT2D eigenvalue weighted by molar-refractivity contribution is 5.94. The molecular formula is C24H37N3O4. The van der Waals surface area contributed by atoms with Gasteiger partial charge in [0, 0.05) is 32.2 Å². The molecule has 3 amide bonds. The summed E-state index contributed by atoms with van der Waals surface area (Å²) in [7, 11) is 0. The van der Waals surface area contributed by atoms with E-state index in [1.807, 2.05) is 48.8 Å². The first-order chi connectivity index (χ1) is 14.9. The molecule has 1 aromatic carbocycles. The van der Waals surface area contributed by atoms with Gasteiger partial charge in [-0.25, -0.2) is 4.79 Å². The molecular weight excluding hydrogens is 394 g/mol. The first-order valence-electron chi connectivity index (χ1n) is 11.6. The van der Waals surface area contributed by atoms with Crippen LogP contribution >= 0.6 is 0 Å². The smallest absolute Gasteiger partial charge is 0.324 e. The van der Waals surface area contributed by atoms with Gasteiger partial charge in [0.05, 0.1) is 18.3 Å². The minimum Gasteiger partial charge on any atom is -0.486 e. The maximum absolute atomic E-state index is 13.3. The van der Waals surface area contributed by atoms with Crippen molar-refractivity contribution in [3.05, 3.63) is 23.8 Å². The van der Waals surface area contributed by atoms with Crippen LogP contribution in [0.2, 0.25) is 0 Å². The standard InChI is InChI=1S/C24H37N3O4/c1-5-20-16-27(21-15-18(4)7-8-22(21)31-20)24(29)26-12-9-19(10-13-26)23(28)25-11-6-14-30-17(2)3/h7-8,15,17,19-20H,5-6,9-14,16H2,1-4H3,(H,25,28)/t20-/m1/s1. The third-order valence-electron chi connectivity index (χ3n) is 5.98. The van der Waals surface area contributed by atoms with Gasteiger partial charge in [-0.3, -0.25) is 9.69 Å². The SMILES string of the molecule is CC[C@@H]1CN(C(=O)N2CCC(C(=O)NCCCOC(C)C)CC2)c2cc(C)ccc2O1. The Morgan fingerprint density at radius 2 is 2.00 bits per heavy atom. The van der Waals surface area contributed by atoms with E-state index in [2.05, 4.69) is 12.2 Å². The molecule has 0 radical (unpaired) electrons. The third-order valence-corrected chi connectivity index (χ3v) is 5.98. The van der Waals surface area contributed by atoms with Gasteiger partial charge in [-0.05, 0) is 64.2 Å². The maximum atomic E-state index is 13.3. The summed E-state index contributed by atoms with van der Waals surface area (Å²) in [6, 6.07) is 5.99. The van der Waals surface area contributed by atoms with Gasteiger partial charge in [-0.15, -0.1) is 0 Å². The third kappa shape index (κ3) is 6.12. The second-order valence-corrected chi connectivity index (χ2v) is 8.84. The Morgan fingerprint density at radius 1 is 1.26 bits per heavy atom. The van der Waals surface area contributed by atoms with Gasteiger partial charge in [-0.2, -0.15) is 0 Å².